The monoisotopic (exact) mass is 242 g/mol. The first-order valence-corrected chi connectivity index (χ1v) is 5.93. The van der Waals surface area contributed by atoms with E-state index in [1.165, 1.54) is 0 Å². The van der Waals surface area contributed by atoms with Crippen molar-refractivity contribution in [1.29, 1.82) is 0 Å². The van der Waals surface area contributed by atoms with Gasteiger partial charge in [0.05, 0.1) is 19.2 Å². The van der Waals surface area contributed by atoms with Gasteiger partial charge < -0.3 is 9.47 Å². The zero-order valence-corrected chi connectivity index (χ0v) is 11.1. The molecule has 1 unspecified atom stereocenters. The summed E-state index contributed by atoms with van der Waals surface area (Å²) < 4.78 is 10.5. The molecule has 0 aliphatic carbocycles. The fraction of sp³-hybridized carbons (Fsp3) is 0.538. The van der Waals surface area contributed by atoms with Gasteiger partial charge in [-0.05, 0) is 24.0 Å². The fourth-order valence-electron chi connectivity index (χ4n) is 1.81. The molecule has 0 N–H and O–H groups in total. The molecule has 0 saturated heterocycles. The molecular formula is C13H19ClO2. The van der Waals surface area contributed by atoms with Crippen molar-refractivity contribution >= 4 is 11.6 Å². The third-order valence-electron chi connectivity index (χ3n) is 2.75. The summed E-state index contributed by atoms with van der Waals surface area (Å²) in [6, 6.07) is 3.80. The van der Waals surface area contributed by atoms with E-state index in [2.05, 4.69) is 13.8 Å². The molecule has 1 atom stereocenters. The Bertz CT molecular complexity index is 350. The molecular weight excluding hydrogens is 224 g/mol. The Morgan fingerprint density at radius 1 is 1.25 bits per heavy atom. The largest absolute Gasteiger partial charge is 0.497 e. The lowest BCUT2D eigenvalue weighted by Gasteiger charge is -2.16. The van der Waals surface area contributed by atoms with Crippen molar-refractivity contribution in [2.75, 3.05) is 14.2 Å². The van der Waals surface area contributed by atoms with Crippen LogP contribution in [0.5, 0.6) is 11.5 Å². The molecule has 16 heavy (non-hydrogen) atoms. The third kappa shape index (κ3) is 2.82. The van der Waals surface area contributed by atoms with Crippen molar-refractivity contribution < 1.29 is 9.47 Å². The van der Waals surface area contributed by atoms with Crippen LogP contribution >= 0.6 is 11.6 Å². The Hall–Kier alpha value is -0.890. The number of benzene rings is 1. The topological polar surface area (TPSA) is 18.5 Å². The van der Waals surface area contributed by atoms with Crippen molar-refractivity contribution in [3.63, 3.8) is 0 Å². The molecule has 0 fully saturated rings. The predicted octanol–water partition coefficient (Wildman–Crippen LogP) is 4.26. The lowest BCUT2D eigenvalue weighted by Crippen LogP contribution is -1.98. The first kappa shape index (κ1) is 13.2. The van der Waals surface area contributed by atoms with Crippen molar-refractivity contribution in [2.45, 2.75) is 32.6 Å². The van der Waals surface area contributed by atoms with Crippen LogP contribution < -0.4 is 9.47 Å². The summed E-state index contributed by atoms with van der Waals surface area (Å²) in [7, 11) is 3.27. The molecule has 2 nitrogen and oxygen atoms in total. The van der Waals surface area contributed by atoms with Gasteiger partial charge in [-0.25, -0.2) is 0 Å². The van der Waals surface area contributed by atoms with E-state index in [1.54, 1.807) is 14.2 Å². The molecule has 3 heteroatoms. The molecule has 1 aromatic carbocycles. The minimum Gasteiger partial charge on any atom is -0.497 e. The molecule has 0 aliphatic rings. The Balaban J connectivity index is 3.15. The molecule has 0 aliphatic heterocycles. The minimum absolute atomic E-state index is 0.418. The maximum Gasteiger partial charge on any atom is 0.141 e. The Labute approximate surface area is 103 Å². The lowest BCUT2D eigenvalue weighted by atomic mass is 9.96. The first-order chi connectivity index (χ1) is 7.63. The molecule has 0 aromatic heterocycles. The van der Waals surface area contributed by atoms with Gasteiger partial charge in [-0.2, -0.15) is 0 Å². The zero-order valence-electron chi connectivity index (χ0n) is 10.3. The van der Waals surface area contributed by atoms with Gasteiger partial charge in [-0.15, -0.1) is 0 Å². The standard InChI is InChI=1S/C13H19ClO2/c1-5-6-9(2)11-7-10(15-3)8-12(16-4)13(11)14/h7-9H,5-6H2,1-4H3. The van der Waals surface area contributed by atoms with Crippen LogP contribution in [0.25, 0.3) is 0 Å². The molecule has 1 rings (SSSR count). The van der Waals surface area contributed by atoms with Crippen LogP contribution in [0.1, 0.15) is 38.2 Å². The number of methoxy groups -OCH3 is 2. The van der Waals surface area contributed by atoms with Crippen LogP contribution in [0.15, 0.2) is 12.1 Å². The molecule has 1 aromatic rings. The van der Waals surface area contributed by atoms with Gasteiger partial charge in [0.15, 0.2) is 0 Å². The van der Waals surface area contributed by atoms with Crippen LogP contribution in [0, 0.1) is 0 Å². The molecule has 0 heterocycles. The number of rotatable bonds is 5. The average molecular weight is 243 g/mol. The van der Waals surface area contributed by atoms with Crippen LogP contribution in [-0.4, -0.2) is 14.2 Å². The highest BCUT2D eigenvalue weighted by molar-refractivity contribution is 6.33. The van der Waals surface area contributed by atoms with E-state index in [9.17, 15) is 0 Å². The fourth-order valence-corrected chi connectivity index (χ4v) is 2.18. The van der Waals surface area contributed by atoms with E-state index in [-0.39, 0.29) is 0 Å². The summed E-state index contributed by atoms with van der Waals surface area (Å²) in [5.74, 6) is 1.89. The Morgan fingerprint density at radius 3 is 2.44 bits per heavy atom. The number of halogens is 1. The van der Waals surface area contributed by atoms with Crippen LogP contribution in [-0.2, 0) is 0 Å². The molecule has 90 valence electrons. The second-order valence-electron chi connectivity index (χ2n) is 3.92. The average Bonchev–Trinajstić information content (AvgIpc) is 2.29. The summed E-state index contributed by atoms with van der Waals surface area (Å²) in [5.41, 5.74) is 1.10. The summed E-state index contributed by atoms with van der Waals surface area (Å²) in [4.78, 5) is 0. The Kier molecular flexibility index (Phi) is 4.94. The van der Waals surface area contributed by atoms with E-state index < -0.39 is 0 Å². The molecule has 0 saturated carbocycles. The second-order valence-corrected chi connectivity index (χ2v) is 4.30. The van der Waals surface area contributed by atoms with E-state index in [0.29, 0.717) is 16.7 Å². The molecule has 0 spiro atoms. The van der Waals surface area contributed by atoms with Crippen LogP contribution in [0.2, 0.25) is 5.02 Å². The third-order valence-corrected chi connectivity index (χ3v) is 3.15. The van der Waals surface area contributed by atoms with Gasteiger partial charge >= 0.3 is 0 Å². The van der Waals surface area contributed by atoms with Gasteiger partial charge in [-0.1, -0.05) is 31.9 Å². The second kappa shape index (κ2) is 6.00. The van der Waals surface area contributed by atoms with E-state index in [4.69, 9.17) is 21.1 Å². The summed E-state index contributed by atoms with van der Waals surface area (Å²) in [6.45, 7) is 4.34. The highest BCUT2D eigenvalue weighted by atomic mass is 35.5. The van der Waals surface area contributed by atoms with Crippen LogP contribution in [0.3, 0.4) is 0 Å². The SMILES string of the molecule is CCCC(C)c1cc(OC)cc(OC)c1Cl. The lowest BCUT2D eigenvalue weighted by molar-refractivity contribution is 0.392. The van der Waals surface area contributed by atoms with Crippen molar-refractivity contribution in [3.8, 4) is 11.5 Å². The number of hydrogen-bond acceptors (Lipinski definition) is 2. The summed E-state index contributed by atoms with van der Waals surface area (Å²) >= 11 is 6.29. The van der Waals surface area contributed by atoms with Crippen molar-refractivity contribution in [2.24, 2.45) is 0 Å². The summed E-state index contributed by atoms with van der Waals surface area (Å²) in [6.07, 6.45) is 2.24. The van der Waals surface area contributed by atoms with Gasteiger partial charge in [0, 0.05) is 6.07 Å². The highest BCUT2D eigenvalue weighted by Gasteiger charge is 2.15. The molecule has 0 radical (unpaired) electrons. The minimum atomic E-state index is 0.418. The maximum atomic E-state index is 6.29. The van der Waals surface area contributed by atoms with Gasteiger partial charge in [-0.3, -0.25) is 0 Å². The quantitative estimate of drug-likeness (QED) is 0.768. The van der Waals surface area contributed by atoms with Gasteiger partial charge in [0.25, 0.3) is 0 Å². The van der Waals surface area contributed by atoms with Crippen molar-refractivity contribution in [1.82, 2.24) is 0 Å². The molecule has 0 amide bonds. The van der Waals surface area contributed by atoms with E-state index in [1.807, 2.05) is 12.1 Å². The van der Waals surface area contributed by atoms with Crippen molar-refractivity contribution in [3.05, 3.63) is 22.7 Å². The zero-order chi connectivity index (χ0) is 12.1. The Morgan fingerprint density at radius 2 is 1.94 bits per heavy atom. The predicted molar refractivity (Wildman–Crippen MR) is 67.9 cm³/mol. The van der Waals surface area contributed by atoms with Gasteiger partial charge in [0.1, 0.15) is 11.5 Å². The normalized spacial score (nSPS) is 12.3. The van der Waals surface area contributed by atoms with E-state index in [0.717, 1.165) is 24.2 Å². The smallest absolute Gasteiger partial charge is 0.141 e. The molecule has 0 bridgehead atoms. The summed E-state index contributed by atoms with van der Waals surface area (Å²) in [5, 5.41) is 0.698. The highest BCUT2D eigenvalue weighted by Crippen LogP contribution is 2.38. The maximum absolute atomic E-state index is 6.29. The number of ether oxygens (including phenoxy) is 2. The van der Waals surface area contributed by atoms with E-state index >= 15 is 0 Å². The first-order valence-electron chi connectivity index (χ1n) is 5.55. The van der Waals surface area contributed by atoms with Gasteiger partial charge in [0.2, 0.25) is 0 Å². The number of hydrogen-bond donors (Lipinski definition) is 0. The van der Waals surface area contributed by atoms with Crippen LogP contribution in [0.4, 0.5) is 0 Å².